The van der Waals surface area contributed by atoms with Crippen molar-refractivity contribution in [3.8, 4) is 5.75 Å². The fourth-order valence-corrected chi connectivity index (χ4v) is 1.18. The first-order valence-corrected chi connectivity index (χ1v) is 4.10. The molecule has 0 amide bonds. The number of benzene rings is 1. The van der Waals surface area contributed by atoms with Gasteiger partial charge in [0.2, 0.25) is 0 Å². The van der Waals surface area contributed by atoms with Crippen LogP contribution in [-0.2, 0) is 5.92 Å². The SMILES string of the molecule is COc1ccc(C(F)(F)CF)cc1C. The van der Waals surface area contributed by atoms with E-state index in [4.69, 9.17) is 4.74 Å². The Morgan fingerprint density at radius 3 is 2.43 bits per heavy atom. The minimum atomic E-state index is -3.41. The second kappa shape index (κ2) is 3.90. The number of hydrogen-bond donors (Lipinski definition) is 0. The topological polar surface area (TPSA) is 9.23 Å². The van der Waals surface area contributed by atoms with Crippen molar-refractivity contribution < 1.29 is 17.9 Å². The Bertz CT molecular complexity index is 323. The van der Waals surface area contributed by atoms with Crippen molar-refractivity contribution in [1.82, 2.24) is 0 Å². The van der Waals surface area contributed by atoms with Crippen LogP contribution in [0, 0.1) is 6.92 Å². The largest absolute Gasteiger partial charge is 0.496 e. The summed E-state index contributed by atoms with van der Waals surface area (Å²) in [6.07, 6.45) is 0. The molecule has 1 aromatic rings. The second-order valence-electron chi connectivity index (χ2n) is 3.02. The summed E-state index contributed by atoms with van der Waals surface area (Å²) in [4.78, 5) is 0. The summed E-state index contributed by atoms with van der Waals surface area (Å²) in [5, 5.41) is 0. The number of ether oxygens (including phenoxy) is 1. The fraction of sp³-hybridized carbons (Fsp3) is 0.400. The maximum Gasteiger partial charge on any atom is 0.301 e. The van der Waals surface area contributed by atoms with Gasteiger partial charge in [0.1, 0.15) is 5.75 Å². The van der Waals surface area contributed by atoms with Gasteiger partial charge in [0.25, 0.3) is 0 Å². The molecule has 78 valence electrons. The average Bonchev–Trinajstić information content (AvgIpc) is 2.17. The molecule has 0 aliphatic carbocycles. The molecule has 0 fully saturated rings. The summed E-state index contributed by atoms with van der Waals surface area (Å²) in [7, 11) is 1.45. The first-order valence-electron chi connectivity index (χ1n) is 4.10. The van der Waals surface area contributed by atoms with Crippen LogP contribution in [0.1, 0.15) is 11.1 Å². The van der Waals surface area contributed by atoms with E-state index >= 15 is 0 Å². The predicted octanol–water partition coefficient (Wildman–Crippen LogP) is 3.06. The molecule has 14 heavy (non-hydrogen) atoms. The third kappa shape index (κ3) is 2.00. The molecule has 0 spiro atoms. The molecule has 0 N–H and O–H groups in total. The molecule has 0 aromatic heterocycles. The van der Waals surface area contributed by atoms with Crippen LogP contribution < -0.4 is 4.74 Å². The molecule has 0 saturated carbocycles. The zero-order chi connectivity index (χ0) is 10.8. The van der Waals surface area contributed by atoms with E-state index in [2.05, 4.69) is 0 Å². The normalized spacial score (nSPS) is 11.5. The maximum atomic E-state index is 12.9. The van der Waals surface area contributed by atoms with Gasteiger partial charge in [-0.2, -0.15) is 8.78 Å². The molecular formula is C10H11F3O. The molecular weight excluding hydrogens is 193 g/mol. The highest BCUT2D eigenvalue weighted by Crippen LogP contribution is 2.31. The van der Waals surface area contributed by atoms with Gasteiger partial charge in [-0.3, -0.25) is 0 Å². The summed E-state index contributed by atoms with van der Waals surface area (Å²) in [5.74, 6) is -2.89. The highest BCUT2D eigenvalue weighted by Gasteiger charge is 2.31. The Kier molecular flexibility index (Phi) is 3.03. The standard InChI is InChI=1S/C10H11F3O/c1-7-5-8(10(12,13)6-11)3-4-9(7)14-2/h3-5H,6H2,1-2H3. The maximum absolute atomic E-state index is 12.9. The van der Waals surface area contributed by atoms with E-state index in [-0.39, 0.29) is 5.56 Å². The van der Waals surface area contributed by atoms with Gasteiger partial charge in [-0.15, -0.1) is 0 Å². The molecule has 0 saturated heterocycles. The van der Waals surface area contributed by atoms with Gasteiger partial charge >= 0.3 is 5.92 Å². The van der Waals surface area contributed by atoms with Crippen molar-refractivity contribution in [2.75, 3.05) is 13.8 Å². The van der Waals surface area contributed by atoms with E-state index in [0.29, 0.717) is 11.3 Å². The molecule has 0 aliphatic rings. The predicted molar refractivity (Wildman–Crippen MR) is 47.6 cm³/mol. The van der Waals surface area contributed by atoms with Crippen LogP contribution in [0.5, 0.6) is 5.75 Å². The molecule has 0 heterocycles. The molecule has 0 radical (unpaired) electrons. The minimum absolute atomic E-state index is 0.321. The summed E-state index contributed by atoms with van der Waals surface area (Å²) in [6, 6.07) is 3.82. The van der Waals surface area contributed by atoms with E-state index in [1.807, 2.05) is 0 Å². The van der Waals surface area contributed by atoms with Gasteiger partial charge in [-0.05, 0) is 30.7 Å². The smallest absolute Gasteiger partial charge is 0.301 e. The lowest BCUT2D eigenvalue weighted by Gasteiger charge is -2.14. The first kappa shape index (κ1) is 10.9. The van der Waals surface area contributed by atoms with Crippen LogP contribution in [0.4, 0.5) is 13.2 Å². The number of alkyl halides is 3. The lowest BCUT2D eigenvalue weighted by atomic mass is 10.1. The monoisotopic (exact) mass is 204 g/mol. The van der Waals surface area contributed by atoms with Crippen molar-refractivity contribution in [3.63, 3.8) is 0 Å². The van der Waals surface area contributed by atoms with Crippen molar-refractivity contribution >= 4 is 0 Å². The molecule has 0 atom stereocenters. The van der Waals surface area contributed by atoms with E-state index in [9.17, 15) is 13.2 Å². The van der Waals surface area contributed by atoms with Crippen LogP contribution in [0.25, 0.3) is 0 Å². The zero-order valence-corrected chi connectivity index (χ0v) is 7.98. The van der Waals surface area contributed by atoms with E-state index < -0.39 is 12.6 Å². The third-order valence-corrected chi connectivity index (χ3v) is 1.99. The van der Waals surface area contributed by atoms with Crippen LogP contribution in [0.3, 0.4) is 0 Å². The molecule has 1 aromatic carbocycles. The molecule has 0 unspecified atom stereocenters. The number of aryl methyl sites for hydroxylation is 1. The summed E-state index contributed by atoms with van der Waals surface area (Å²) < 4.78 is 42.7. The fourth-order valence-electron chi connectivity index (χ4n) is 1.18. The van der Waals surface area contributed by atoms with Gasteiger partial charge in [0.05, 0.1) is 7.11 Å². The Morgan fingerprint density at radius 2 is 2.00 bits per heavy atom. The highest BCUT2D eigenvalue weighted by atomic mass is 19.3. The third-order valence-electron chi connectivity index (χ3n) is 1.99. The van der Waals surface area contributed by atoms with Crippen molar-refractivity contribution in [2.24, 2.45) is 0 Å². The Balaban J connectivity index is 3.08. The molecule has 0 bridgehead atoms. The quantitative estimate of drug-likeness (QED) is 0.735. The molecule has 4 heteroatoms. The van der Waals surface area contributed by atoms with E-state index in [1.165, 1.54) is 25.3 Å². The molecule has 0 aliphatic heterocycles. The summed E-state index contributed by atoms with van der Waals surface area (Å²) in [6.45, 7) is -0.0462. The van der Waals surface area contributed by atoms with Crippen molar-refractivity contribution in [2.45, 2.75) is 12.8 Å². The Labute approximate surface area is 80.5 Å². The van der Waals surface area contributed by atoms with Gasteiger partial charge < -0.3 is 4.74 Å². The zero-order valence-electron chi connectivity index (χ0n) is 7.98. The van der Waals surface area contributed by atoms with Crippen LogP contribution in [0.2, 0.25) is 0 Å². The highest BCUT2D eigenvalue weighted by molar-refractivity contribution is 5.37. The number of rotatable bonds is 3. The van der Waals surface area contributed by atoms with Crippen molar-refractivity contribution in [1.29, 1.82) is 0 Å². The number of hydrogen-bond acceptors (Lipinski definition) is 1. The average molecular weight is 204 g/mol. The van der Waals surface area contributed by atoms with E-state index in [0.717, 1.165) is 0 Å². The summed E-state index contributed by atoms with van der Waals surface area (Å²) >= 11 is 0. The Morgan fingerprint density at radius 1 is 1.36 bits per heavy atom. The lowest BCUT2D eigenvalue weighted by molar-refractivity contribution is -0.0281. The van der Waals surface area contributed by atoms with Crippen LogP contribution in [-0.4, -0.2) is 13.8 Å². The number of methoxy groups -OCH3 is 1. The van der Waals surface area contributed by atoms with Gasteiger partial charge in [-0.25, -0.2) is 4.39 Å². The van der Waals surface area contributed by atoms with Gasteiger partial charge in [0, 0.05) is 5.56 Å². The van der Waals surface area contributed by atoms with Crippen molar-refractivity contribution in [3.05, 3.63) is 29.3 Å². The van der Waals surface area contributed by atoms with Crippen LogP contribution >= 0.6 is 0 Å². The Hall–Kier alpha value is -1.19. The minimum Gasteiger partial charge on any atom is -0.496 e. The summed E-state index contributed by atoms with van der Waals surface area (Å²) in [5.41, 5.74) is 0.247. The second-order valence-corrected chi connectivity index (χ2v) is 3.02. The first-order chi connectivity index (χ1) is 6.51. The molecule has 1 nitrogen and oxygen atoms in total. The lowest BCUT2D eigenvalue weighted by Crippen LogP contribution is -2.15. The van der Waals surface area contributed by atoms with Gasteiger partial charge in [-0.1, -0.05) is 0 Å². The number of halogens is 3. The van der Waals surface area contributed by atoms with Gasteiger partial charge in [0.15, 0.2) is 6.67 Å². The molecule has 1 rings (SSSR count). The van der Waals surface area contributed by atoms with E-state index in [1.54, 1.807) is 6.92 Å². The van der Waals surface area contributed by atoms with Crippen LogP contribution in [0.15, 0.2) is 18.2 Å².